The molecule has 0 saturated carbocycles. The number of nitrogens with zero attached hydrogens (tertiary/aromatic N) is 1. The van der Waals surface area contributed by atoms with Crippen LogP contribution in [0.3, 0.4) is 0 Å². The predicted octanol–water partition coefficient (Wildman–Crippen LogP) is 1.99. The van der Waals surface area contributed by atoms with E-state index in [1.165, 1.54) is 27.5 Å². The second-order valence-electron chi connectivity index (χ2n) is 5.99. The number of amides is 2. The van der Waals surface area contributed by atoms with Crippen molar-refractivity contribution < 1.29 is 28.5 Å². The van der Waals surface area contributed by atoms with Crippen LogP contribution < -0.4 is 29.7 Å². The molecule has 0 fully saturated rings. The van der Waals surface area contributed by atoms with Gasteiger partial charge < -0.3 is 24.3 Å². The second kappa shape index (κ2) is 11.3. The van der Waals surface area contributed by atoms with Crippen molar-refractivity contribution in [3.8, 4) is 23.0 Å². The van der Waals surface area contributed by atoms with Crippen LogP contribution in [0.2, 0.25) is 0 Å². The topological polar surface area (TPSA) is 107 Å². The van der Waals surface area contributed by atoms with Crippen LogP contribution in [-0.2, 0) is 4.79 Å². The minimum Gasteiger partial charge on any atom is -0.497 e. The Kier molecular flexibility index (Phi) is 8.49. The first-order valence-corrected chi connectivity index (χ1v) is 9.06. The number of carbonyl (C=O) groups is 2. The molecule has 9 heteroatoms. The van der Waals surface area contributed by atoms with E-state index in [-0.39, 0.29) is 24.8 Å². The van der Waals surface area contributed by atoms with Gasteiger partial charge in [0.2, 0.25) is 11.7 Å². The Morgan fingerprint density at radius 3 is 2.10 bits per heavy atom. The molecule has 2 amide bonds. The Morgan fingerprint density at radius 2 is 1.57 bits per heavy atom. The van der Waals surface area contributed by atoms with Crippen LogP contribution in [0.5, 0.6) is 23.0 Å². The van der Waals surface area contributed by atoms with Crippen molar-refractivity contribution in [2.75, 3.05) is 35.0 Å². The van der Waals surface area contributed by atoms with Crippen molar-refractivity contribution in [2.24, 2.45) is 5.10 Å². The molecule has 0 radical (unpaired) electrons. The minimum absolute atomic E-state index is 0.0779. The number of methoxy groups -OCH3 is 4. The summed E-state index contributed by atoms with van der Waals surface area (Å²) in [6.45, 7) is 0.177. The highest BCUT2D eigenvalue weighted by Crippen LogP contribution is 2.37. The lowest BCUT2D eigenvalue weighted by Crippen LogP contribution is -2.29. The van der Waals surface area contributed by atoms with E-state index in [0.717, 1.165) is 0 Å². The van der Waals surface area contributed by atoms with Crippen molar-refractivity contribution >= 4 is 18.0 Å². The van der Waals surface area contributed by atoms with Gasteiger partial charge in [-0.15, -0.1) is 0 Å². The lowest BCUT2D eigenvalue weighted by Gasteiger charge is -2.12. The molecule has 2 aromatic rings. The van der Waals surface area contributed by atoms with Crippen LogP contribution in [0.4, 0.5) is 0 Å². The monoisotopic (exact) mass is 415 g/mol. The van der Waals surface area contributed by atoms with E-state index in [1.54, 1.807) is 43.5 Å². The molecule has 0 aliphatic heterocycles. The van der Waals surface area contributed by atoms with Crippen LogP contribution in [0.15, 0.2) is 41.5 Å². The van der Waals surface area contributed by atoms with Crippen LogP contribution in [-0.4, -0.2) is 53.0 Å². The predicted molar refractivity (Wildman–Crippen MR) is 112 cm³/mol. The molecule has 0 saturated heterocycles. The van der Waals surface area contributed by atoms with Crippen molar-refractivity contribution in [1.82, 2.24) is 10.7 Å². The molecule has 2 aromatic carbocycles. The van der Waals surface area contributed by atoms with Gasteiger partial charge in [-0.05, 0) is 36.4 Å². The lowest BCUT2D eigenvalue weighted by molar-refractivity contribution is -0.120. The number of hydrogen-bond donors (Lipinski definition) is 2. The van der Waals surface area contributed by atoms with E-state index in [2.05, 4.69) is 15.8 Å². The number of carbonyl (C=O) groups excluding carboxylic acids is 2. The van der Waals surface area contributed by atoms with Crippen molar-refractivity contribution in [3.63, 3.8) is 0 Å². The molecule has 160 valence electrons. The van der Waals surface area contributed by atoms with Gasteiger partial charge in [0.1, 0.15) is 5.75 Å². The summed E-state index contributed by atoms with van der Waals surface area (Å²) in [5.74, 6) is 1.47. The molecule has 0 aliphatic carbocycles. The Morgan fingerprint density at radius 1 is 0.933 bits per heavy atom. The molecule has 0 bridgehead atoms. The van der Waals surface area contributed by atoms with Gasteiger partial charge in [-0.1, -0.05) is 0 Å². The first kappa shape index (κ1) is 22.5. The highest BCUT2D eigenvalue weighted by atomic mass is 16.5. The van der Waals surface area contributed by atoms with Crippen molar-refractivity contribution in [1.29, 1.82) is 0 Å². The average Bonchev–Trinajstić information content (AvgIpc) is 2.78. The van der Waals surface area contributed by atoms with E-state index >= 15 is 0 Å². The first-order chi connectivity index (χ1) is 14.5. The van der Waals surface area contributed by atoms with Gasteiger partial charge in [0.15, 0.2) is 11.5 Å². The maximum atomic E-state index is 12.1. The normalized spacial score (nSPS) is 10.4. The molecule has 30 heavy (non-hydrogen) atoms. The molecular formula is C21H25N3O6. The lowest BCUT2D eigenvalue weighted by atomic mass is 10.2. The van der Waals surface area contributed by atoms with Gasteiger partial charge in [0, 0.05) is 24.1 Å². The quantitative estimate of drug-likeness (QED) is 0.454. The van der Waals surface area contributed by atoms with Gasteiger partial charge in [-0.3, -0.25) is 9.59 Å². The third kappa shape index (κ3) is 6.13. The van der Waals surface area contributed by atoms with Crippen molar-refractivity contribution in [3.05, 3.63) is 47.5 Å². The summed E-state index contributed by atoms with van der Waals surface area (Å²) in [6, 6.07) is 10.1. The van der Waals surface area contributed by atoms with Gasteiger partial charge in [-0.2, -0.15) is 5.10 Å². The molecule has 0 unspecified atom stereocenters. The summed E-state index contributed by atoms with van der Waals surface area (Å²) in [7, 11) is 6.10. The molecule has 0 aliphatic rings. The Hall–Kier alpha value is -3.75. The number of rotatable bonds is 10. The van der Waals surface area contributed by atoms with E-state index in [1.807, 2.05) is 0 Å². The van der Waals surface area contributed by atoms with Crippen molar-refractivity contribution in [2.45, 2.75) is 6.42 Å². The fourth-order valence-corrected chi connectivity index (χ4v) is 2.54. The molecule has 0 atom stereocenters. The maximum absolute atomic E-state index is 12.1. The van der Waals surface area contributed by atoms with Gasteiger partial charge >= 0.3 is 0 Å². The minimum atomic E-state index is -0.339. The molecule has 0 aromatic heterocycles. The molecule has 0 heterocycles. The van der Waals surface area contributed by atoms with Gasteiger partial charge in [0.25, 0.3) is 5.91 Å². The number of hydrogen-bond acceptors (Lipinski definition) is 7. The van der Waals surface area contributed by atoms with Gasteiger partial charge in [-0.25, -0.2) is 5.43 Å². The summed E-state index contributed by atoms with van der Waals surface area (Å²) in [4.78, 5) is 24.0. The Balaban J connectivity index is 1.84. The fraction of sp³-hybridized carbons (Fsp3) is 0.286. The van der Waals surface area contributed by atoms with E-state index < -0.39 is 0 Å². The van der Waals surface area contributed by atoms with Crippen LogP contribution in [0.1, 0.15) is 22.3 Å². The highest BCUT2D eigenvalue weighted by Gasteiger charge is 2.12. The number of ether oxygens (including phenoxy) is 4. The largest absolute Gasteiger partial charge is 0.497 e. The number of benzene rings is 2. The molecule has 2 rings (SSSR count). The standard InChI is InChI=1S/C21H25N3O6/c1-27-16-7-5-15(6-8-16)21(26)22-10-9-19(25)24-23-13-14-11-17(28-2)20(30-4)18(12-14)29-3/h5-8,11-13H,9-10H2,1-4H3,(H,22,26)(H,24,25). The van der Waals surface area contributed by atoms with E-state index in [9.17, 15) is 9.59 Å². The van der Waals surface area contributed by atoms with E-state index in [0.29, 0.717) is 34.1 Å². The zero-order valence-corrected chi connectivity index (χ0v) is 17.4. The number of nitrogens with one attached hydrogen (secondary N) is 2. The van der Waals surface area contributed by atoms with Crippen LogP contribution >= 0.6 is 0 Å². The first-order valence-electron chi connectivity index (χ1n) is 9.06. The zero-order chi connectivity index (χ0) is 21.9. The number of hydrazone groups is 1. The summed E-state index contributed by atoms with van der Waals surface area (Å²) in [5.41, 5.74) is 3.55. The molecule has 9 nitrogen and oxygen atoms in total. The fourth-order valence-electron chi connectivity index (χ4n) is 2.54. The summed E-state index contributed by atoms with van der Waals surface area (Å²) in [6.07, 6.45) is 1.53. The molecular weight excluding hydrogens is 390 g/mol. The maximum Gasteiger partial charge on any atom is 0.251 e. The molecule has 0 spiro atoms. The third-order valence-electron chi connectivity index (χ3n) is 4.08. The SMILES string of the molecule is COc1ccc(C(=O)NCCC(=O)NN=Cc2cc(OC)c(OC)c(OC)c2)cc1. The Bertz CT molecular complexity index is 871. The average molecular weight is 415 g/mol. The summed E-state index contributed by atoms with van der Waals surface area (Å²) < 4.78 is 20.8. The Labute approximate surface area is 175 Å². The molecule has 2 N–H and O–H groups in total. The smallest absolute Gasteiger partial charge is 0.251 e. The van der Waals surface area contributed by atoms with E-state index in [4.69, 9.17) is 18.9 Å². The van der Waals surface area contributed by atoms with Gasteiger partial charge in [0.05, 0.1) is 34.7 Å². The van der Waals surface area contributed by atoms with Crippen LogP contribution in [0, 0.1) is 0 Å². The summed E-state index contributed by atoms with van der Waals surface area (Å²) >= 11 is 0. The highest BCUT2D eigenvalue weighted by molar-refractivity contribution is 5.94. The van der Waals surface area contributed by atoms with Crippen LogP contribution in [0.25, 0.3) is 0 Å². The zero-order valence-electron chi connectivity index (χ0n) is 17.4. The second-order valence-corrected chi connectivity index (χ2v) is 5.99. The summed E-state index contributed by atoms with van der Waals surface area (Å²) in [5, 5.41) is 6.60. The third-order valence-corrected chi connectivity index (χ3v) is 4.08.